The van der Waals surface area contributed by atoms with E-state index < -0.39 is 0 Å². The molecule has 0 aliphatic rings. The Balaban J connectivity index is 1.94. The van der Waals surface area contributed by atoms with Crippen molar-refractivity contribution >= 4 is 29.3 Å². The molecule has 0 aliphatic heterocycles. The number of carbonyl (C=O) groups is 1. The minimum atomic E-state index is -0.208. The minimum Gasteiger partial charge on any atom is -0.491 e. The van der Waals surface area contributed by atoms with Crippen molar-refractivity contribution in [3.63, 3.8) is 0 Å². The van der Waals surface area contributed by atoms with E-state index in [1.54, 1.807) is 12.1 Å². The maximum absolute atomic E-state index is 11.9. The minimum absolute atomic E-state index is 0.175. The maximum Gasteiger partial charge on any atom is 0.248 e. The fourth-order valence-electron chi connectivity index (χ4n) is 1.89. The van der Waals surface area contributed by atoms with E-state index in [1.807, 2.05) is 49.4 Å². The van der Waals surface area contributed by atoms with Crippen LogP contribution in [0.5, 0.6) is 5.75 Å². The molecule has 1 unspecified atom stereocenters. The molecular weight excluding hydrogens is 310 g/mol. The Morgan fingerprint density at radius 1 is 1.22 bits per heavy atom. The van der Waals surface area contributed by atoms with Gasteiger partial charge in [-0.1, -0.05) is 36.7 Å². The van der Waals surface area contributed by atoms with Gasteiger partial charge in [0.15, 0.2) is 0 Å². The Bertz CT molecular complexity index is 680. The SMILES string of the molecule is CCC(C)Oc1ccc(NC(=O)/C=C/c2ccccc2Cl)cc1. The smallest absolute Gasteiger partial charge is 0.248 e. The molecule has 0 aliphatic carbocycles. The van der Waals surface area contributed by atoms with Crippen molar-refractivity contribution in [2.24, 2.45) is 0 Å². The summed E-state index contributed by atoms with van der Waals surface area (Å²) in [5.41, 5.74) is 1.52. The number of amides is 1. The van der Waals surface area contributed by atoms with Gasteiger partial charge in [0.2, 0.25) is 5.91 Å². The highest BCUT2D eigenvalue weighted by Crippen LogP contribution is 2.18. The van der Waals surface area contributed by atoms with Gasteiger partial charge in [-0.3, -0.25) is 4.79 Å². The summed E-state index contributed by atoms with van der Waals surface area (Å²) in [7, 11) is 0. The molecule has 23 heavy (non-hydrogen) atoms. The Morgan fingerprint density at radius 3 is 2.57 bits per heavy atom. The number of ether oxygens (including phenoxy) is 1. The zero-order valence-corrected chi connectivity index (χ0v) is 14.0. The number of hydrogen-bond donors (Lipinski definition) is 1. The van der Waals surface area contributed by atoms with Crippen molar-refractivity contribution in [3.8, 4) is 5.75 Å². The van der Waals surface area contributed by atoms with Gasteiger partial charge >= 0.3 is 0 Å². The lowest BCUT2D eigenvalue weighted by Crippen LogP contribution is -2.10. The van der Waals surface area contributed by atoms with Crippen molar-refractivity contribution in [1.29, 1.82) is 0 Å². The standard InChI is InChI=1S/C19H20ClNO2/c1-3-14(2)23-17-11-9-16(10-12-17)21-19(22)13-8-15-6-4-5-7-18(15)20/h4-14H,3H2,1-2H3,(H,21,22)/b13-8+. The number of halogens is 1. The van der Waals surface area contributed by atoms with E-state index >= 15 is 0 Å². The predicted molar refractivity (Wildman–Crippen MR) is 95.9 cm³/mol. The average molecular weight is 330 g/mol. The summed E-state index contributed by atoms with van der Waals surface area (Å²) in [5, 5.41) is 3.42. The number of benzene rings is 2. The van der Waals surface area contributed by atoms with Gasteiger partial charge in [-0.25, -0.2) is 0 Å². The average Bonchev–Trinajstić information content (AvgIpc) is 2.56. The third-order valence-electron chi connectivity index (χ3n) is 3.35. The van der Waals surface area contributed by atoms with Gasteiger partial charge in [-0.2, -0.15) is 0 Å². The van der Waals surface area contributed by atoms with E-state index in [-0.39, 0.29) is 12.0 Å². The molecule has 1 amide bonds. The largest absolute Gasteiger partial charge is 0.491 e. The van der Waals surface area contributed by atoms with Crippen molar-refractivity contribution in [2.75, 3.05) is 5.32 Å². The Labute approximate surface area is 141 Å². The molecule has 0 heterocycles. The van der Waals surface area contributed by atoms with Crippen LogP contribution >= 0.6 is 11.6 Å². The Kier molecular flexibility index (Phi) is 6.24. The molecule has 0 saturated carbocycles. The normalized spacial score (nSPS) is 12.1. The highest BCUT2D eigenvalue weighted by atomic mass is 35.5. The molecule has 0 radical (unpaired) electrons. The summed E-state index contributed by atoms with van der Waals surface area (Å²) in [6, 6.07) is 14.7. The third kappa shape index (κ3) is 5.46. The number of carbonyl (C=O) groups excluding carboxylic acids is 1. The summed E-state index contributed by atoms with van der Waals surface area (Å²) in [4.78, 5) is 11.9. The van der Waals surface area contributed by atoms with Crippen LogP contribution in [0.15, 0.2) is 54.6 Å². The fourth-order valence-corrected chi connectivity index (χ4v) is 2.09. The van der Waals surface area contributed by atoms with Crippen molar-refractivity contribution < 1.29 is 9.53 Å². The van der Waals surface area contributed by atoms with E-state index in [4.69, 9.17) is 16.3 Å². The van der Waals surface area contributed by atoms with Gasteiger partial charge in [0.05, 0.1) is 6.10 Å². The number of nitrogens with one attached hydrogen (secondary N) is 1. The second-order valence-corrected chi connectivity index (χ2v) is 5.61. The Morgan fingerprint density at radius 2 is 1.91 bits per heavy atom. The van der Waals surface area contributed by atoms with E-state index in [2.05, 4.69) is 12.2 Å². The highest BCUT2D eigenvalue weighted by molar-refractivity contribution is 6.32. The molecule has 2 aromatic carbocycles. The van der Waals surface area contributed by atoms with E-state index in [0.29, 0.717) is 5.02 Å². The van der Waals surface area contributed by atoms with E-state index in [9.17, 15) is 4.79 Å². The van der Waals surface area contributed by atoms with Crippen LogP contribution < -0.4 is 10.1 Å². The molecule has 2 rings (SSSR count). The summed E-state index contributed by atoms with van der Waals surface area (Å²) in [5.74, 6) is 0.587. The predicted octanol–water partition coefficient (Wildman–Crippen LogP) is 5.17. The van der Waals surface area contributed by atoms with Crippen LogP contribution in [0.25, 0.3) is 6.08 Å². The summed E-state index contributed by atoms with van der Waals surface area (Å²) < 4.78 is 5.70. The molecule has 1 atom stereocenters. The van der Waals surface area contributed by atoms with Gasteiger partial charge in [-0.15, -0.1) is 0 Å². The van der Waals surface area contributed by atoms with Gasteiger partial charge < -0.3 is 10.1 Å². The molecule has 0 fully saturated rings. The van der Waals surface area contributed by atoms with Crippen LogP contribution in [-0.2, 0) is 4.79 Å². The number of anilines is 1. The molecule has 3 nitrogen and oxygen atoms in total. The topological polar surface area (TPSA) is 38.3 Å². The van der Waals surface area contributed by atoms with Gasteiger partial charge in [0, 0.05) is 16.8 Å². The van der Waals surface area contributed by atoms with Gasteiger partial charge in [0.25, 0.3) is 0 Å². The molecule has 4 heteroatoms. The summed E-state index contributed by atoms with van der Waals surface area (Å²) in [6.07, 6.45) is 4.28. The first kappa shape index (κ1) is 17.1. The summed E-state index contributed by atoms with van der Waals surface area (Å²) >= 11 is 6.04. The first-order chi connectivity index (χ1) is 11.1. The van der Waals surface area contributed by atoms with Gasteiger partial charge in [0.1, 0.15) is 5.75 Å². The molecule has 1 N–H and O–H groups in total. The van der Waals surface area contributed by atoms with Gasteiger partial charge in [-0.05, 0) is 55.3 Å². The molecule has 0 spiro atoms. The van der Waals surface area contributed by atoms with Crippen molar-refractivity contribution in [3.05, 3.63) is 65.2 Å². The van der Waals surface area contributed by atoms with Crippen LogP contribution in [0.1, 0.15) is 25.8 Å². The highest BCUT2D eigenvalue weighted by Gasteiger charge is 2.02. The number of rotatable bonds is 6. The fraction of sp³-hybridized carbons (Fsp3) is 0.211. The van der Waals surface area contributed by atoms with Crippen LogP contribution in [0.4, 0.5) is 5.69 Å². The first-order valence-corrected chi connectivity index (χ1v) is 7.96. The monoisotopic (exact) mass is 329 g/mol. The molecular formula is C19H20ClNO2. The zero-order valence-electron chi connectivity index (χ0n) is 13.3. The van der Waals surface area contributed by atoms with E-state index in [1.165, 1.54) is 6.08 Å². The maximum atomic E-state index is 11.9. The lowest BCUT2D eigenvalue weighted by molar-refractivity contribution is -0.111. The number of hydrogen-bond acceptors (Lipinski definition) is 2. The van der Waals surface area contributed by atoms with Crippen LogP contribution in [0.2, 0.25) is 5.02 Å². The van der Waals surface area contributed by atoms with E-state index in [0.717, 1.165) is 23.4 Å². The van der Waals surface area contributed by atoms with Crippen molar-refractivity contribution in [2.45, 2.75) is 26.4 Å². The second-order valence-electron chi connectivity index (χ2n) is 5.21. The molecule has 0 bridgehead atoms. The second kappa shape index (κ2) is 8.39. The van der Waals surface area contributed by atoms with Crippen LogP contribution in [0.3, 0.4) is 0 Å². The van der Waals surface area contributed by atoms with Crippen LogP contribution in [0, 0.1) is 0 Å². The third-order valence-corrected chi connectivity index (χ3v) is 3.70. The molecule has 2 aromatic rings. The van der Waals surface area contributed by atoms with Crippen LogP contribution in [-0.4, -0.2) is 12.0 Å². The first-order valence-electron chi connectivity index (χ1n) is 7.59. The lowest BCUT2D eigenvalue weighted by Gasteiger charge is -2.12. The Hall–Kier alpha value is -2.26. The molecule has 0 aromatic heterocycles. The lowest BCUT2D eigenvalue weighted by atomic mass is 10.2. The van der Waals surface area contributed by atoms with Crippen molar-refractivity contribution in [1.82, 2.24) is 0 Å². The summed E-state index contributed by atoms with van der Waals surface area (Å²) in [6.45, 7) is 4.10. The quantitative estimate of drug-likeness (QED) is 0.742. The molecule has 0 saturated heterocycles. The molecule has 120 valence electrons. The zero-order chi connectivity index (χ0) is 16.7.